The summed E-state index contributed by atoms with van der Waals surface area (Å²) in [6.07, 6.45) is 8.22. The molecule has 0 aliphatic heterocycles. The van der Waals surface area contributed by atoms with Gasteiger partial charge in [-0.15, -0.1) is 0 Å². The third-order valence-corrected chi connectivity index (χ3v) is 3.52. The Bertz CT molecular complexity index is 714. The van der Waals surface area contributed by atoms with Crippen molar-refractivity contribution in [2.45, 2.75) is 47.1 Å². The van der Waals surface area contributed by atoms with E-state index in [9.17, 15) is 0 Å². The van der Waals surface area contributed by atoms with Gasteiger partial charge in [0.05, 0.1) is 11.9 Å². The van der Waals surface area contributed by atoms with E-state index in [4.69, 9.17) is 9.84 Å². The summed E-state index contributed by atoms with van der Waals surface area (Å²) in [6.45, 7) is 28.7. The van der Waals surface area contributed by atoms with Gasteiger partial charge in [-0.2, -0.15) is 0 Å². The standard InChI is InChI=1S/C22H26O.C3H6O.C2H6/c1-7-10-14-17(4)19(6)22(23-18(5)8-2)21(9-3)20-15-12-11-13-16-20;1-3(2)4;1-2/h7,9-16,18H,1,3-4,6,8H2,2,5H3;4H,1H2,2H3;1-2H3/b14-10-,22-21-;;. The van der Waals surface area contributed by atoms with Gasteiger partial charge in [0.25, 0.3) is 0 Å². The zero-order valence-corrected chi connectivity index (χ0v) is 18.9. The van der Waals surface area contributed by atoms with E-state index in [0.29, 0.717) is 0 Å². The lowest BCUT2D eigenvalue weighted by Gasteiger charge is -2.21. The lowest BCUT2D eigenvalue weighted by molar-refractivity contribution is 0.137. The lowest BCUT2D eigenvalue weighted by atomic mass is 9.98. The lowest BCUT2D eigenvalue weighted by Crippen LogP contribution is -2.10. The molecule has 0 saturated heterocycles. The first-order valence-corrected chi connectivity index (χ1v) is 9.89. The summed E-state index contributed by atoms with van der Waals surface area (Å²) in [4.78, 5) is 0. The van der Waals surface area contributed by atoms with Crippen LogP contribution in [0.15, 0.2) is 110 Å². The molecule has 158 valence electrons. The molecule has 2 nitrogen and oxygen atoms in total. The van der Waals surface area contributed by atoms with E-state index in [1.54, 1.807) is 6.08 Å². The van der Waals surface area contributed by atoms with Gasteiger partial charge < -0.3 is 9.84 Å². The number of hydrogen-bond acceptors (Lipinski definition) is 2. The highest BCUT2D eigenvalue weighted by Gasteiger charge is 2.15. The molecule has 0 aromatic heterocycles. The topological polar surface area (TPSA) is 29.5 Å². The molecule has 0 saturated carbocycles. The highest BCUT2D eigenvalue weighted by molar-refractivity contribution is 5.79. The quantitative estimate of drug-likeness (QED) is 0.337. The molecule has 1 aromatic rings. The van der Waals surface area contributed by atoms with Crippen molar-refractivity contribution < 1.29 is 9.84 Å². The van der Waals surface area contributed by atoms with Crippen molar-refractivity contribution in [1.82, 2.24) is 0 Å². The van der Waals surface area contributed by atoms with Crippen molar-refractivity contribution in [3.63, 3.8) is 0 Å². The van der Waals surface area contributed by atoms with Crippen LogP contribution in [0.25, 0.3) is 5.57 Å². The Labute approximate surface area is 178 Å². The normalized spacial score (nSPS) is 11.5. The fourth-order valence-electron chi connectivity index (χ4n) is 1.97. The zero-order valence-electron chi connectivity index (χ0n) is 18.9. The summed E-state index contributed by atoms with van der Waals surface area (Å²) >= 11 is 0. The van der Waals surface area contributed by atoms with Gasteiger partial charge in [-0.3, -0.25) is 0 Å². The SMILES string of the molecule is C=C(C)O.C=C/C=C\C(=C)C(=C)/C(OC(C)CC)=C(\C=C)c1ccccc1.CC. The second-order valence-electron chi connectivity index (χ2n) is 5.98. The predicted octanol–water partition coefficient (Wildman–Crippen LogP) is 8.36. The number of ether oxygens (including phenoxy) is 1. The zero-order chi connectivity index (χ0) is 22.8. The predicted molar refractivity (Wildman–Crippen MR) is 131 cm³/mol. The molecule has 0 heterocycles. The van der Waals surface area contributed by atoms with Crippen molar-refractivity contribution in [2.75, 3.05) is 0 Å². The maximum absolute atomic E-state index is 7.86. The van der Waals surface area contributed by atoms with Crippen LogP contribution in [0.3, 0.4) is 0 Å². The van der Waals surface area contributed by atoms with Gasteiger partial charge in [0.2, 0.25) is 0 Å². The van der Waals surface area contributed by atoms with E-state index in [-0.39, 0.29) is 11.9 Å². The minimum Gasteiger partial charge on any atom is -0.513 e. The van der Waals surface area contributed by atoms with Gasteiger partial charge >= 0.3 is 0 Å². The van der Waals surface area contributed by atoms with Crippen molar-refractivity contribution in [3.8, 4) is 0 Å². The minimum absolute atomic E-state index is 0.0802. The van der Waals surface area contributed by atoms with Crippen LogP contribution in [0.1, 0.15) is 46.6 Å². The van der Waals surface area contributed by atoms with Crippen LogP contribution in [-0.2, 0) is 4.74 Å². The molecule has 1 rings (SSSR count). The van der Waals surface area contributed by atoms with Crippen LogP contribution in [-0.4, -0.2) is 11.2 Å². The number of hydrogen-bond donors (Lipinski definition) is 1. The summed E-state index contributed by atoms with van der Waals surface area (Å²) in [5, 5.41) is 7.86. The highest BCUT2D eigenvalue weighted by atomic mass is 16.5. The molecule has 1 N–H and O–H groups in total. The van der Waals surface area contributed by atoms with Gasteiger partial charge in [-0.25, -0.2) is 0 Å². The molecule has 1 atom stereocenters. The van der Waals surface area contributed by atoms with E-state index in [0.717, 1.165) is 34.5 Å². The molecular weight excluding hydrogens is 356 g/mol. The Hall–Kier alpha value is -3.00. The molecule has 29 heavy (non-hydrogen) atoms. The van der Waals surface area contributed by atoms with Gasteiger partial charge in [0.1, 0.15) is 5.76 Å². The number of aliphatic hydroxyl groups is 1. The molecular formula is C27H38O2. The minimum atomic E-state index is 0.0802. The molecule has 0 aliphatic rings. The molecule has 1 aromatic carbocycles. The smallest absolute Gasteiger partial charge is 0.134 e. The van der Waals surface area contributed by atoms with E-state index in [1.807, 2.05) is 69.3 Å². The molecule has 0 bridgehead atoms. The van der Waals surface area contributed by atoms with Crippen molar-refractivity contribution >= 4 is 5.57 Å². The third-order valence-electron chi connectivity index (χ3n) is 3.52. The highest BCUT2D eigenvalue weighted by Crippen LogP contribution is 2.30. The molecule has 2 heteroatoms. The van der Waals surface area contributed by atoms with Crippen LogP contribution in [0.2, 0.25) is 0 Å². The molecule has 0 aliphatic carbocycles. The fourth-order valence-corrected chi connectivity index (χ4v) is 1.97. The van der Waals surface area contributed by atoms with Crippen molar-refractivity contribution in [1.29, 1.82) is 0 Å². The average Bonchev–Trinajstić information content (AvgIpc) is 2.72. The largest absolute Gasteiger partial charge is 0.513 e. The van der Waals surface area contributed by atoms with Crippen LogP contribution < -0.4 is 0 Å². The van der Waals surface area contributed by atoms with E-state index in [1.165, 1.54) is 6.92 Å². The van der Waals surface area contributed by atoms with E-state index in [2.05, 4.69) is 39.8 Å². The first-order chi connectivity index (χ1) is 13.8. The Morgan fingerprint density at radius 3 is 2.03 bits per heavy atom. The van der Waals surface area contributed by atoms with Gasteiger partial charge in [-0.05, 0) is 31.4 Å². The Morgan fingerprint density at radius 2 is 1.62 bits per heavy atom. The Balaban J connectivity index is 0. The van der Waals surface area contributed by atoms with Gasteiger partial charge in [-0.1, -0.05) is 108 Å². The summed E-state index contributed by atoms with van der Waals surface area (Å²) in [5.74, 6) is 0.888. The molecule has 0 radical (unpaired) electrons. The second kappa shape index (κ2) is 17.1. The first-order valence-electron chi connectivity index (χ1n) is 9.89. The average molecular weight is 395 g/mol. The van der Waals surface area contributed by atoms with Gasteiger partial charge in [0.15, 0.2) is 0 Å². The number of benzene rings is 1. The second-order valence-corrected chi connectivity index (χ2v) is 5.98. The van der Waals surface area contributed by atoms with E-state index < -0.39 is 0 Å². The maximum Gasteiger partial charge on any atom is 0.134 e. The molecule has 0 amide bonds. The maximum atomic E-state index is 7.86. The summed E-state index contributed by atoms with van der Waals surface area (Å²) in [5.41, 5.74) is 3.51. The molecule has 1 unspecified atom stereocenters. The first kappa shape index (κ1) is 28.2. The van der Waals surface area contributed by atoms with Gasteiger partial charge in [0, 0.05) is 11.1 Å². The Kier molecular flexibility index (Phi) is 16.7. The van der Waals surface area contributed by atoms with Crippen LogP contribution in [0.4, 0.5) is 0 Å². The number of aliphatic hydroxyl groups excluding tert-OH is 1. The monoisotopic (exact) mass is 394 g/mol. The number of rotatable bonds is 9. The molecule has 0 spiro atoms. The van der Waals surface area contributed by atoms with Crippen LogP contribution in [0.5, 0.6) is 0 Å². The Morgan fingerprint density at radius 1 is 1.10 bits per heavy atom. The molecule has 0 fully saturated rings. The fraction of sp³-hybridized carbons (Fsp3) is 0.259. The van der Waals surface area contributed by atoms with Crippen molar-refractivity contribution in [2.24, 2.45) is 0 Å². The summed E-state index contributed by atoms with van der Waals surface area (Å²) in [7, 11) is 0. The van der Waals surface area contributed by atoms with Crippen LogP contribution in [0, 0.1) is 0 Å². The number of allylic oxidation sites excluding steroid dienone is 7. The van der Waals surface area contributed by atoms with E-state index >= 15 is 0 Å². The summed E-state index contributed by atoms with van der Waals surface area (Å²) < 4.78 is 6.16. The van der Waals surface area contributed by atoms with Crippen molar-refractivity contribution in [3.05, 3.63) is 116 Å². The summed E-state index contributed by atoms with van der Waals surface area (Å²) in [6, 6.07) is 10.0. The third kappa shape index (κ3) is 12.1. The van der Waals surface area contributed by atoms with Crippen LogP contribution >= 0.6 is 0 Å².